The maximum Gasteiger partial charge on any atom is 0.0888 e. The number of nitrogens with zero attached hydrogens (tertiary/aromatic N) is 1. The number of nitrogens with one attached hydrogen (secondary N) is 1. The summed E-state index contributed by atoms with van der Waals surface area (Å²) in [6, 6.07) is 6.97. The third-order valence-corrected chi connectivity index (χ3v) is 4.16. The maximum absolute atomic E-state index is 5.88. The second-order valence-corrected chi connectivity index (χ2v) is 6.21. The summed E-state index contributed by atoms with van der Waals surface area (Å²) in [5, 5.41) is 3.50. The van der Waals surface area contributed by atoms with Gasteiger partial charge in [-0.1, -0.05) is 39.2 Å². The Hall–Kier alpha value is -0.930. The van der Waals surface area contributed by atoms with E-state index >= 15 is 0 Å². The second-order valence-electron chi connectivity index (χ2n) is 6.21. The first-order valence-electron chi connectivity index (χ1n) is 8.57. The lowest BCUT2D eigenvalue weighted by Crippen LogP contribution is -2.16. The van der Waals surface area contributed by atoms with Crippen LogP contribution in [0.2, 0.25) is 0 Å². The fourth-order valence-electron chi connectivity index (χ4n) is 2.47. The molecule has 1 saturated carbocycles. The first-order chi connectivity index (χ1) is 10.3. The molecule has 1 aliphatic carbocycles. The van der Waals surface area contributed by atoms with Crippen LogP contribution in [0.3, 0.4) is 0 Å². The highest BCUT2D eigenvalue weighted by Gasteiger charge is 2.20. The van der Waals surface area contributed by atoms with E-state index in [0.29, 0.717) is 12.5 Å². The van der Waals surface area contributed by atoms with E-state index in [-0.39, 0.29) is 0 Å². The molecule has 2 rings (SSSR count). The van der Waals surface area contributed by atoms with Gasteiger partial charge in [0.05, 0.1) is 18.0 Å². The maximum atomic E-state index is 5.88. The molecule has 0 aromatic carbocycles. The molecular weight excluding hydrogens is 260 g/mol. The zero-order chi connectivity index (χ0) is 14.9. The number of unbranched alkanes of at least 4 members (excludes halogenated alkanes) is 1. The molecule has 118 valence electrons. The Morgan fingerprint density at radius 3 is 2.81 bits per heavy atom. The Morgan fingerprint density at radius 2 is 2.10 bits per heavy atom. The Bertz CT molecular complexity index is 404. The van der Waals surface area contributed by atoms with E-state index in [1.54, 1.807) is 0 Å². The first kappa shape index (κ1) is 16.4. The van der Waals surface area contributed by atoms with Gasteiger partial charge in [-0.3, -0.25) is 4.98 Å². The van der Waals surface area contributed by atoms with Crippen LogP contribution in [0.4, 0.5) is 0 Å². The van der Waals surface area contributed by atoms with Gasteiger partial charge in [0.1, 0.15) is 0 Å². The Kier molecular flexibility index (Phi) is 7.17. The highest BCUT2D eigenvalue weighted by atomic mass is 16.5. The fourth-order valence-corrected chi connectivity index (χ4v) is 2.47. The van der Waals surface area contributed by atoms with Crippen molar-refractivity contribution in [2.75, 3.05) is 6.61 Å². The summed E-state index contributed by atoms with van der Waals surface area (Å²) in [5.74, 6) is 0.699. The molecular formula is C18H30N2O. The van der Waals surface area contributed by atoms with Crippen LogP contribution in [0.1, 0.15) is 63.8 Å². The minimum atomic E-state index is 0.639. The summed E-state index contributed by atoms with van der Waals surface area (Å²) >= 11 is 0. The van der Waals surface area contributed by atoms with Gasteiger partial charge >= 0.3 is 0 Å². The quantitative estimate of drug-likeness (QED) is 0.667. The number of pyridine rings is 1. The first-order valence-corrected chi connectivity index (χ1v) is 8.57. The lowest BCUT2D eigenvalue weighted by atomic mass is 10.0. The van der Waals surface area contributed by atoms with E-state index in [4.69, 9.17) is 4.74 Å². The van der Waals surface area contributed by atoms with Crippen molar-refractivity contribution in [3.8, 4) is 0 Å². The van der Waals surface area contributed by atoms with Crippen LogP contribution >= 0.6 is 0 Å². The van der Waals surface area contributed by atoms with Crippen molar-refractivity contribution in [3.63, 3.8) is 0 Å². The van der Waals surface area contributed by atoms with Crippen molar-refractivity contribution in [3.05, 3.63) is 29.6 Å². The Labute approximate surface area is 129 Å². The van der Waals surface area contributed by atoms with Crippen LogP contribution in [0, 0.1) is 5.92 Å². The zero-order valence-corrected chi connectivity index (χ0v) is 13.6. The monoisotopic (exact) mass is 290 g/mol. The molecule has 3 heteroatoms. The standard InChI is InChI=1S/C18H30N2O/c1-3-5-7-15(4-2)13-21-14-18-9-6-8-17(20-18)12-19-16-10-11-16/h6,8-9,15-16,19H,3-5,7,10-14H2,1-2H3. The van der Waals surface area contributed by atoms with Gasteiger partial charge in [0, 0.05) is 19.2 Å². The van der Waals surface area contributed by atoms with E-state index in [1.807, 2.05) is 0 Å². The van der Waals surface area contributed by atoms with Crippen molar-refractivity contribution >= 4 is 0 Å². The second kappa shape index (κ2) is 9.16. The van der Waals surface area contributed by atoms with Crippen molar-refractivity contribution in [2.24, 2.45) is 5.92 Å². The summed E-state index contributed by atoms with van der Waals surface area (Å²) in [6.45, 7) is 6.89. The molecule has 1 fully saturated rings. The number of rotatable bonds is 11. The molecule has 3 nitrogen and oxygen atoms in total. The molecule has 1 aliphatic rings. The lowest BCUT2D eigenvalue weighted by molar-refractivity contribution is 0.0798. The van der Waals surface area contributed by atoms with Gasteiger partial charge in [0.25, 0.3) is 0 Å². The van der Waals surface area contributed by atoms with Crippen LogP contribution in [-0.4, -0.2) is 17.6 Å². The molecule has 1 aromatic heterocycles. The molecule has 1 aromatic rings. The van der Waals surface area contributed by atoms with Crippen LogP contribution in [-0.2, 0) is 17.9 Å². The van der Waals surface area contributed by atoms with E-state index in [2.05, 4.69) is 42.3 Å². The Balaban J connectivity index is 1.70. The highest BCUT2D eigenvalue weighted by molar-refractivity contribution is 5.10. The minimum Gasteiger partial charge on any atom is -0.375 e. The summed E-state index contributed by atoms with van der Waals surface area (Å²) < 4.78 is 5.88. The SMILES string of the molecule is CCCCC(CC)COCc1cccc(CNC2CC2)n1. The molecule has 1 heterocycles. The number of aromatic nitrogens is 1. The highest BCUT2D eigenvalue weighted by Crippen LogP contribution is 2.19. The summed E-state index contributed by atoms with van der Waals surface area (Å²) in [6.07, 6.45) is 7.71. The molecule has 0 aliphatic heterocycles. The molecule has 21 heavy (non-hydrogen) atoms. The number of ether oxygens (including phenoxy) is 1. The van der Waals surface area contributed by atoms with Crippen LogP contribution in [0.5, 0.6) is 0 Å². The number of hydrogen-bond acceptors (Lipinski definition) is 3. The van der Waals surface area contributed by atoms with Crippen molar-refractivity contribution in [2.45, 2.75) is 71.6 Å². The normalized spacial score (nSPS) is 16.1. The van der Waals surface area contributed by atoms with E-state index in [1.165, 1.54) is 38.5 Å². The van der Waals surface area contributed by atoms with E-state index < -0.39 is 0 Å². The van der Waals surface area contributed by atoms with Gasteiger partial charge in [0.15, 0.2) is 0 Å². The largest absolute Gasteiger partial charge is 0.375 e. The average Bonchev–Trinajstić information content (AvgIpc) is 3.33. The smallest absolute Gasteiger partial charge is 0.0888 e. The molecule has 1 unspecified atom stereocenters. The van der Waals surface area contributed by atoms with Gasteiger partial charge < -0.3 is 10.1 Å². The molecule has 1 N–H and O–H groups in total. The molecule has 1 atom stereocenters. The van der Waals surface area contributed by atoms with Crippen molar-refractivity contribution in [1.82, 2.24) is 10.3 Å². The average molecular weight is 290 g/mol. The zero-order valence-electron chi connectivity index (χ0n) is 13.6. The van der Waals surface area contributed by atoms with Crippen molar-refractivity contribution in [1.29, 1.82) is 0 Å². The topological polar surface area (TPSA) is 34.1 Å². The van der Waals surface area contributed by atoms with Crippen LogP contribution < -0.4 is 5.32 Å². The summed E-state index contributed by atoms with van der Waals surface area (Å²) in [7, 11) is 0. The summed E-state index contributed by atoms with van der Waals surface area (Å²) in [5.41, 5.74) is 2.18. The van der Waals surface area contributed by atoms with Gasteiger partial charge in [0.2, 0.25) is 0 Å². The Morgan fingerprint density at radius 1 is 1.29 bits per heavy atom. The third-order valence-electron chi connectivity index (χ3n) is 4.16. The van der Waals surface area contributed by atoms with Gasteiger partial charge in [-0.05, 0) is 37.3 Å². The fraction of sp³-hybridized carbons (Fsp3) is 0.722. The predicted octanol–water partition coefficient (Wildman–Crippen LogP) is 4.07. The predicted molar refractivity (Wildman–Crippen MR) is 87.1 cm³/mol. The van der Waals surface area contributed by atoms with Gasteiger partial charge in [-0.2, -0.15) is 0 Å². The molecule has 0 saturated heterocycles. The molecule has 0 bridgehead atoms. The molecule has 0 spiro atoms. The number of hydrogen-bond donors (Lipinski definition) is 1. The van der Waals surface area contributed by atoms with Crippen LogP contribution in [0.15, 0.2) is 18.2 Å². The van der Waals surface area contributed by atoms with E-state index in [0.717, 1.165) is 30.6 Å². The van der Waals surface area contributed by atoms with Gasteiger partial charge in [-0.15, -0.1) is 0 Å². The third kappa shape index (κ3) is 6.58. The van der Waals surface area contributed by atoms with Crippen molar-refractivity contribution < 1.29 is 4.74 Å². The lowest BCUT2D eigenvalue weighted by Gasteiger charge is -2.14. The van der Waals surface area contributed by atoms with Crippen LogP contribution in [0.25, 0.3) is 0 Å². The molecule has 0 radical (unpaired) electrons. The minimum absolute atomic E-state index is 0.639. The molecule has 0 amide bonds. The van der Waals surface area contributed by atoms with Gasteiger partial charge in [-0.25, -0.2) is 0 Å². The van der Waals surface area contributed by atoms with E-state index in [9.17, 15) is 0 Å². The summed E-state index contributed by atoms with van der Waals surface area (Å²) in [4.78, 5) is 4.67.